The van der Waals surface area contributed by atoms with Crippen LogP contribution in [-0.4, -0.2) is 16.9 Å². The van der Waals surface area contributed by atoms with E-state index in [0.717, 1.165) is 0 Å². The highest BCUT2D eigenvalue weighted by molar-refractivity contribution is 5.82. The number of carbonyl (C=O) groups excluding carboxylic acids is 1. The maximum absolute atomic E-state index is 11.4. The number of carbonyl (C=O) groups is 1. The molecule has 7 nitrogen and oxygen atoms in total. The van der Waals surface area contributed by atoms with Gasteiger partial charge in [0.15, 0.2) is 0 Å². The maximum Gasteiger partial charge on any atom is 0.311 e. The van der Waals surface area contributed by atoms with Crippen molar-refractivity contribution in [2.75, 3.05) is 0 Å². The molecule has 0 bridgehead atoms. The number of hydrogen-bond donors (Lipinski definition) is 1. The lowest BCUT2D eigenvalue weighted by Crippen LogP contribution is -2.32. The molecule has 1 atom stereocenters. The summed E-state index contributed by atoms with van der Waals surface area (Å²) in [7, 11) is 0. The van der Waals surface area contributed by atoms with Crippen molar-refractivity contribution in [3.05, 3.63) is 39.6 Å². The average Bonchev–Trinajstić information content (AvgIpc) is 2.39. The van der Waals surface area contributed by atoms with Gasteiger partial charge in [-0.1, -0.05) is 12.1 Å². The summed E-state index contributed by atoms with van der Waals surface area (Å²) < 4.78 is 5.51. The summed E-state index contributed by atoms with van der Waals surface area (Å²) in [4.78, 5) is 21.8. The van der Waals surface area contributed by atoms with E-state index >= 15 is 0 Å². The summed E-state index contributed by atoms with van der Waals surface area (Å²) in [5.74, 6) is -0.258. The van der Waals surface area contributed by atoms with Crippen molar-refractivity contribution in [1.82, 2.24) is 5.32 Å². The zero-order valence-electron chi connectivity index (χ0n) is 10.6. The summed E-state index contributed by atoms with van der Waals surface area (Å²) in [6.45, 7) is 1.66. The number of nitro benzene ring substituents is 1. The first-order valence-electron chi connectivity index (χ1n) is 5.85. The van der Waals surface area contributed by atoms with Crippen molar-refractivity contribution in [1.29, 1.82) is 5.26 Å². The Kier molecular flexibility index (Phi) is 3.66. The number of rotatable bonds is 3. The Hall–Kier alpha value is -2.88. The summed E-state index contributed by atoms with van der Waals surface area (Å²) in [6.07, 6.45) is 0.823. The second-order valence-electron chi connectivity index (χ2n) is 4.20. The summed E-state index contributed by atoms with van der Waals surface area (Å²) in [5.41, 5.74) is 0.871. The van der Waals surface area contributed by atoms with Crippen LogP contribution in [0.5, 0.6) is 5.75 Å². The largest absolute Gasteiger partial charge is 0.477 e. The van der Waals surface area contributed by atoms with Gasteiger partial charge >= 0.3 is 5.69 Å². The van der Waals surface area contributed by atoms with E-state index in [1.165, 1.54) is 6.07 Å². The summed E-state index contributed by atoms with van der Waals surface area (Å²) >= 11 is 0. The lowest BCUT2D eigenvalue weighted by Gasteiger charge is -2.24. The van der Waals surface area contributed by atoms with Gasteiger partial charge in [-0.2, -0.15) is 5.26 Å². The van der Waals surface area contributed by atoms with Crippen LogP contribution in [0.25, 0.3) is 6.08 Å². The van der Waals surface area contributed by atoms with Crippen molar-refractivity contribution < 1.29 is 14.5 Å². The van der Waals surface area contributed by atoms with Gasteiger partial charge in [0.1, 0.15) is 12.5 Å². The van der Waals surface area contributed by atoms with Gasteiger partial charge < -0.3 is 10.1 Å². The highest BCUT2D eigenvalue weighted by Gasteiger charge is 2.26. The van der Waals surface area contributed by atoms with Gasteiger partial charge in [0.05, 0.1) is 16.7 Å². The minimum Gasteiger partial charge on any atom is -0.477 e. The zero-order valence-corrected chi connectivity index (χ0v) is 10.6. The second kappa shape index (κ2) is 5.40. The number of nitrogens with zero attached hydrogens (tertiary/aromatic N) is 2. The van der Waals surface area contributed by atoms with Gasteiger partial charge in [-0.05, 0) is 13.0 Å². The minimum atomic E-state index is -0.536. The van der Waals surface area contributed by atoms with E-state index in [-0.39, 0.29) is 17.9 Å². The van der Waals surface area contributed by atoms with Crippen LogP contribution in [0.3, 0.4) is 0 Å². The molecule has 0 aliphatic carbocycles. The smallest absolute Gasteiger partial charge is 0.311 e. The molecule has 2 rings (SSSR count). The first-order chi connectivity index (χ1) is 9.52. The van der Waals surface area contributed by atoms with E-state index in [4.69, 9.17) is 10.00 Å². The molecule has 1 aliphatic heterocycles. The molecule has 0 saturated heterocycles. The van der Waals surface area contributed by atoms with Gasteiger partial charge in [0.2, 0.25) is 11.7 Å². The Balaban J connectivity index is 2.35. The van der Waals surface area contributed by atoms with Crippen LogP contribution in [0.2, 0.25) is 0 Å². The van der Waals surface area contributed by atoms with Crippen LogP contribution >= 0.6 is 0 Å². The van der Waals surface area contributed by atoms with Gasteiger partial charge in [-0.3, -0.25) is 14.9 Å². The number of nitrogens with one attached hydrogen (secondary N) is 1. The molecule has 1 aliphatic rings. The second-order valence-corrected chi connectivity index (χ2v) is 4.20. The molecule has 1 unspecified atom stereocenters. The molecule has 1 heterocycles. The van der Waals surface area contributed by atoms with E-state index in [1.807, 2.05) is 0 Å². The van der Waals surface area contributed by atoms with E-state index in [9.17, 15) is 14.9 Å². The van der Waals surface area contributed by atoms with E-state index < -0.39 is 16.9 Å². The van der Waals surface area contributed by atoms with Crippen molar-refractivity contribution in [3.8, 4) is 11.8 Å². The lowest BCUT2D eigenvalue weighted by molar-refractivity contribution is -0.386. The quantitative estimate of drug-likeness (QED) is 0.667. The lowest BCUT2D eigenvalue weighted by atomic mass is 10.1. The van der Waals surface area contributed by atoms with Crippen molar-refractivity contribution in [2.45, 2.75) is 19.4 Å². The molecule has 1 amide bonds. The number of amides is 1. The highest BCUT2D eigenvalue weighted by atomic mass is 16.6. The number of ether oxygens (including phenoxy) is 1. The van der Waals surface area contributed by atoms with E-state index in [0.29, 0.717) is 11.3 Å². The summed E-state index contributed by atoms with van der Waals surface area (Å²) in [6, 6.07) is 6.31. The Morgan fingerprint density at radius 1 is 1.60 bits per heavy atom. The van der Waals surface area contributed by atoms with Crippen molar-refractivity contribution in [3.63, 3.8) is 0 Å². The molecule has 1 aromatic rings. The average molecular weight is 273 g/mol. The summed E-state index contributed by atoms with van der Waals surface area (Å²) in [5, 5.41) is 21.9. The third-order valence-corrected chi connectivity index (χ3v) is 2.79. The molecule has 0 radical (unpaired) electrons. The van der Waals surface area contributed by atoms with Crippen molar-refractivity contribution >= 4 is 17.7 Å². The molecule has 0 aromatic heterocycles. The Bertz CT molecular complexity index is 646. The van der Waals surface area contributed by atoms with Crippen LogP contribution in [0, 0.1) is 21.4 Å². The maximum atomic E-state index is 11.4. The zero-order chi connectivity index (χ0) is 14.7. The van der Waals surface area contributed by atoms with E-state index in [2.05, 4.69) is 5.32 Å². The van der Waals surface area contributed by atoms with Crippen LogP contribution < -0.4 is 10.1 Å². The Morgan fingerprint density at radius 3 is 3.00 bits per heavy atom. The Labute approximate surface area is 114 Å². The number of para-hydroxylation sites is 1. The Morgan fingerprint density at radius 2 is 2.35 bits per heavy atom. The SMILES string of the molecule is CC1Oc2c(cccc2[N+](=O)[O-])C=C1NC(=O)CC#N. The van der Waals surface area contributed by atoms with Crippen LogP contribution in [0.15, 0.2) is 23.9 Å². The number of nitriles is 1. The molecule has 1 N–H and O–H groups in total. The van der Waals surface area contributed by atoms with Gasteiger partial charge in [0, 0.05) is 11.6 Å². The molecule has 0 fully saturated rings. The number of hydrogen-bond acceptors (Lipinski definition) is 5. The topological polar surface area (TPSA) is 105 Å². The predicted octanol–water partition coefficient (Wildman–Crippen LogP) is 1.75. The molecule has 20 heavy (non-hydrogen) atoms. The molecule has 0 spiro atoms. The minimum absolute atomic E-state index is 0.118. The van der Waals surface area contributed by atoms with Crippen LogP contribution in [0.1, 0.15) is 18.9 Å². The number of fused-ring (bicyclic) bond motifs is 1. The molecule has 7 heteroatoms. The first-order valence-corrected chi connectivity index (χ1v) is 5.85. The normalized spacial score (nSPS) is 16.2. The van der Waals surface area contributed by atoms with E-state index in [1.54, 1.807) is 31.2 Å². The fourth-order valence-corrected chi connectivity index (χ4v) is 1.87. The predicted molar refractivity (Wildman–Crippen MR) is 69.5 cm³/mol. The van der Waals surface area contributed by atoms with Crippen LogP contribution in [0.4, 0.5) is 5.69 Å². The molecule has 102 valence electrons. The monoisotopic (exact) mass is 273 g/mol. The van der Waals surface area contributed by atoms with Gasteiger partial charge in [-0.15, -0.1) is 0 Å². The fourth-order valence-electron chi connectivity index (χ4n) is 1.87. The fraction of sp³-hybridized carbons (Fsp3) is 0.231. The number of benzene rings is 1. The van der Waals surface area contributed by atoms with Gasteiger partial charge in [-0.25, -0.2) is 0 Å². The standard InChI is InChI=1S/C13H11N3O4/c1-8-10(15-12(17)5-6-14)7-9-3-2-4-11(16(18)19)13(9)20-8/h2-4,7-8H,5H2,1H3,(H,15,17). The molecular weight excluding hydrogens is 262 g/mol. The number of nitro groups is 1. The highest BCUT2D eigenvalue weighted by Crippen LogP contribution is 2.36. The molecule has 1 aromatic carbocycles. The molecule has 0 saturated carbocycles. The first kappa shape index (κ1) is 13.5. The van der Waals surface area contributed by atoms with Crippen LogP contribution in [-0.2, 0) is 4.79 Å². The molecular formula is C13H11N3O4. The van der Waals surface area contributed by atoms with Crippen molar-refractivity contribution in [2.24, 2.45) is 0 Å². The van der Waals surface area contributed by atoms with Gasteiger partial charge in [0.25, 0.3) is 0 Å². The third-order valence-electron chi connectivity index (χ3n) is 2.79. The third kappa shape index (κ3) is 2.59.